The molecule has 1 unspecified atom stereocenters. The molecule has 0 aromatic heterocycles. The third-order valence-electron chi connectivity index (χ3n) is 5.01. The van der Waals surface area contributed by atoms with Crippen LogP contribution in [0.3, 0.4) is 0 Å². The van der Waals surface area contributed by atoms with Gasteiger partial charge in [-0.15, -0.1) is 0 Å². The van der Waals surface area contributed by atoms with Crippen LogP contribution in [-0.2, 0) is 14.3 Å². The maximum atomic E-state index is 11.9. The standard InChI is InChI=1S/C21H35N5O5/c1-22-21(25-15-20(27)23-7-10-28-2)24-14-17(26-8-11-31-12-9-26)16-5-6-18(29-3)19(13-16)30-4/h5-6,13,17H,7-12,14-15H2,1-4H3,(H,23,27)(H2,22,24,25). The molecule has 1 atom stereocenters. The van der Waals surface area contributed by atoms with Crippen molar-refractivity contribution in [2.24, 2.45) is 4.99 Å². The number of nitrogens with one attached hydrogen (secondary N) is 3. The highest BCUT2D eigenvalue weighted by atomic mass is 16.5. The maximum Gasteiger partial charge on any atom is 0.239 e. The zero-order chi connectivity index (χ0) is 22.5. The second kappa shape index (κ2) is 13.7. The Morgan fingerprint density at radius 2 is 1.87 bits per heavy atom. The zero-order valence-corrected chi connectivity index (χ0v) is 18.9. The molecule has 3 N–H and O–H groups in total. The van der Waals surface area contributed by atoms with E-state index in [1.165, 1.54) is 0 Å². The van der Waals surface area contributed by atoms with Crippen LogP contribution >= 0.6 is 0 Å². The molecule has 2 rings (SSSR count). The summed E-state index contributed by atoms with van der Waals surface area (Å²) in [5.41, 5.74) is 1.10. The lowest BCUT2D eigenvalue weighted by Crippen LogP contribution is -2.48. The molecule has 1 aliphatic rings. The SMILES string of the molecule is CN=C(NCC(=O)NCCOC)NCC(c1ccc(OC)c(OC)c1)N1CCOCC1. The van der Waals surface area contributed by atoms with E-state index in [-0.39, 0.29) is 18.5 Å². The number of hydrogen-bond acceptors (Lipinski definition) is 7. The molecule has 1 saturated heterocycles. The lowest BCUT2D eigenvalue weighted by Gasteiger charge is -2.35. The van der Waals surface area contributed by atoms with Gasteiger partial charge in [0.05, 0.1) is 46.6 Å². The Hall–Kier alpha value is -2.56. The summed E-state index contributed by atoms with van der Waals surface area (Å²) < 4.78 is 21.3. The van der Waals surface area contributed by atoms with Gasteiger partial charge < -0.3 is 34.9 Å². The van der Waals surface area contributed by atoms with E-state index in [0.717, 1.165) is 18.7 Å². The molecule has 1 aromatic carbocycles. The summed E-state index contributed by atoms with van der Waals surface area (Å²) in [4.78, 5) is 18.5. The Labute approximate surface area is 184 Å². The first-order valence-electron chi connectivity index (χ1n) is 10.4. The monoisotopic (exact) mass is 437 g/mol. The number of guanidine groups is 1. The van der Waals surface area contributed by atoms with E-state index in [1.54, 1.807) is 28.4 Å². The predicted molar refractivity (Wildman–Crippen MR) is 119 cm³/mol. The van der Waals surface area contributed by atoms with Gasteiger partial charge in [-0.3, -0.25) is 14.7 Å². The van der Waals surface area contributed by atoms with Crippen LogP contribution in [0.1, 0.15) is 11.6 Å². The van der Waals surface area contributed by atoms with Gasteiger partial charge in [-0.25, -0.2) is 0 Å². The van der Waals surface area contributed by atoms with Crippen LogP contribution in [0.25, 0.3) is 0 Å². The second-order valence-electron chi connectivity index (χ2n) is 6.93. The molecule has 1 aromatic rings. The molecule has 1 heterocycles. The molecule has 10 heteroatoms. The van der Waals surface area contributed by atoms with Crippen LogP contribution in [0.15, 0.2) is 23.2 Å². The van der Waals surface area contributed by atoms with E-state index in [9.17, 15) is 4.79 Å². The Balaban J connectivity index is 2.03. The Bertz CT molecular complexity index is 709. The lowest BCUT2D eigenvalue weighted by molar-refractivity contribution is -0.120. The molecule has 0 bridgehead atoms. The number of benzene rings is 1. The summed E-state index contributed by atoms with van der Waals surface area (Å²) in [5.74, 6) is 1.82. The highest BCUT2D eigenvalue weighted by molar-refractivity contribution is 5.86. The first-order valence-corrected chi connectivity index (χ1v) is 10.4. The van der Waals surface area contributed by atoms with Crippen molar-refractivity contribution in [1.29, 1.82) is 0 Å². The third kappa shape index (κ3) is 7.89. The van der Waals surface area contributed by atoms with Crippen molar-refractivity contribution in [1.82, 2.24) is 20.9 Å². The van der Waals surface area contributed by atoms with E-state index in [0.29, 0.717) is 50.4 Å². The number of amides is 1. The third-order valence-corrected chi connectivity index (χ3v) is 5.01. The summed E-state index contributed by atoms with van der Waals surface area (Å²) in [7, 11) is 6.53. The number of carbonyl (C=O) groups excluding carboxylic acids is 1. The fraction of sp³-hybridized carbons (Fsp3) is 0.619. The van der Waals surface area contributed by atoms with E-state index in [1.807, 2.05) is 18.2 Å². The molecule has 174 valence electrons. The number of methoxy groups -OCH3 is 3. The van der Waals surface area contributed by atoms with Gasteiger partial charge >= 0.3 is 0 Å². The molecule has 1 amide bonds. The molecular weight excluding hydrogens is 402 g/mol. The summed E-state index contributed by atoms with van der Waals surface area (Å²) in [6.07, 6.45) is 0. The minimum absolute atomic E-state index is 0.0674. The summed E-state index contributed by atoms with van der Waals surface area (Å²) in [6, 6.07) is 6.03. The van der Waals surface area contributed by atoms with Crippen LogP contribution in [0.4, 0.5) is 0 Å². The molecule has 0 aliphatic carbocycles. The number of carbonyl (C=O) groups is 1. The van der Waals surface area contributed by atoms with Crippen molar-refractivity contribution in [3.8, 4) is 11.5 Å². The van der Waals surface area contributed by atoms with Crippen LogP contribution in [0, 0.1) is 0 Å². The first kappa shape index (κ1) is 24.7. The van der Waals surface area contributed by atoms with Crippen LogP contribution in [0.2, 0.25) is 0 Å². The number of rotatable bonds is 11. The van der Waals surface area contributed by atoms with E-state index in [2.05, 4.69) is 25.8 Å². The molecular formula is C21H35N5O5. The van der Waals surface area contributed by atoms with Gasteiger partial charge in [-0.2, -0.15) is 0 Å². The van der Waals surface area contributed by atoms with Crippen molar-refractivity contribution in [3.05, 3.63) is 23.8 Å². The average molecular weight is 438 g/mol. The topological polar surface area (TPSA) is 106 Å². The highest BCUT2D eigenvalue weighted by Gasteiger charge is 2.24. The Kier molecular flexibility index (Phi) is 10.9. The maximum absolute atomic E-state index is 11.9. The second-order valence-corrected chi connectivity index (χ2v) is 6.93. The van der Waals surface area contributed by atoms with Crippen LogP contribution < -0.4 is 25.4 Å². The van der Waals surface area contributed by atoms with Crippen molar-refractivity contribution in [2.45, 2.75) is 6.04 Å². The van der Waals surface area contributed by atoms with Gasteiger partial charge in [0.2, 0.25) is 5.91 Å². The molecule has 0 radical (unpaired) electrons. The first-order chi connectivity index (χ1) is 15.1. The fourth-order valence-electron chi connectivity index (χ4n) is 3.34. The van der Waals surface area contributed by atoms with Crippen molar-refractivity contribution in [2.75, 3.05) is 80.9 Å². The summed E-state index contributed by atoms with van der Waals surface area (Å²) in [6.45, 7) is 4.72. The minimum Gasteiger partial charge on any atom is -0.493 e. The highest BCUT2D eigenvalue weighted by Crippen LogP contribution is 2.32. The van der Waals surface area contributed by atoms with E-state index in [4.69, 9.17) is 18.9 Å². The number of aliphatic imine (C=N–C) groups is 1. The van der Waals surface area contributed by atoms with Crippen molar-refractivity contribution in [3.63, 3.8) is 0 Å². The van der Waals surface area contributed by atoms with Gasteiger partial charge in [-0.1, -0.05) is 6.07 Å². The smallest absolute Gasteiger partial charge is 0.239 e. The molecule has 1 fully saturated rings. The Morgan fingerprint density at radius 1 is 1.13 bits per heavy atom. The van der Waals surface area contributed by atoms with Crippen LogP contribution in [0.5, 0.6) is 11.5 Å². The molecule has 0 saturated carbocycles. The fourth-order valence-corrected chi connectivity index (χ4v) is 3.34. The molecule has 0 spiro atoms. The van der Waals surface area contributed by atoms with Crippen molar-refractivity contribution >= 4 is 11.9 Å². The average Bonchev–Trinajstić information content (AvgIpc) is 2.81. The van der Waals surface area contributed by atoms with Gasteiger partial charge in [-0.05, 0) is 17.7 Å². The summed E-state index contributed by atoms with van der Waals surface area (Å²) >= 11 is 0. The summed E-state index contributed by atoms with van der Waals surface area (Å²) in [5, 5.41) is 9.15. The van der Waals surface area contributed by atoms with Gasteiger partial charge in [0.1, 0.15) is 0 Å². The number of ether oxygens (including phenoxy) is 4. The van der Waals surface area contributed by atoms with E-state index < -0.39 is 0 Å². The molecule has 10 nitrogen and oxygen atoms in total. The van der Waals surface area contributed by atoms with Gasteiger partial charge in [0.25, 0.3) is 0 Å². The van der Waals surface area contributed by atoms with E-state index >= 15 is 0 Å². The predicted octanol–water partition coefficient (Wildman–Crippen LogP) is 0.00470. The normalized spacial score (nSPS) is 15.8. The van der Waals surface area contributed by atoms with Gasteiger partial charge in [0.15, 0.2) is 17.5 Å². The Morgan fingerprint density at radius 3 is 2.52 bits per heavy atom. The minimum atomic E-state index is -0.121. The number of morpholine rings is 1. The lowest BCUT2D eigenvalue weighted by atomic mass is 10.0. The number of hydrogen-bond donors (Lipinski definition) is 3. The van der Waals surface area contributed by atoms with Gasteiger partial charge in [0, 0.05) is 40.3 Å². The molecule has 31 heavy (non-hydrogen) atoms. The quantitative estimate of drug-likeness (QED) is 0.253. The largest absolute Gasteiger partial charge is 0.493 e. The zero-order valence-electron chi connectivity index (χ0n) is 18.9. The molecule has 1 aliphatic heterocycles. The van der Waals surface area contributed by atoms with Crippen molar-refractivity contribution < 1.29 is 23.7 Å². The number of nitrogens with zero attached hydrogens (tertiary/aromatic N) is 2. The van der Waals surface area contributed by atoms with Crippen LogP contribution in [-0.4, -0.2) is 97.7 Å².